The monoisotopic (exact) mass is 314 g/mol. The lowest BCUT2D eigenvalue weighted by molar-refractivity contribution is 0.104. The van der Waals surface area contributed by atoms with Crippen LogP contribution < -0.4 is 0 Å². The standard InChI is InChI=1S/C14H20BrFN2/c1-11(2)18-7-5-17(6-8-18)10-12-3-4-13(15)14(16)9-12/h3-4,9,11H,5-8,10H2,1-2H3. The Morgan fingerprint density at radius 2 is 1.89 bits per heavy atom. The molecule has 2 nitrogen and oxygen atoms in total. The molecule has 0 spiro atoms. The minimum atomic E-state index is -0.173. The Hall–Kier alpha value is -0.450. The largest absolute Gasteiger partial charge is 0.298 e. The molecular weight excluding hydrogens is 295 g/mol. The highest BCUT2D eigenvalue weighted by atomic mass is 79.9. The molecule has 1 saturated heterocycles. The van der Waals surface area contributed by atoms with Crippen LogP contribution in [0.25, 0.3) is 0 Å². The molecule has 0 N–H and O–H groups in total. The third-order valence-corrected chi connectivity index (χ3v) is 4.17. The van der Waals surface area contributed by atoms with Crippen molar-refractivity contribution >= 4 is 15.9 Å². The molecule has 1 aliphatic rings. The number of piperazine rings is 1. The van der Waals surface area contributed by atoms with Crippen LogP contribution in [0.2, 0.25) is 0 Å². The molecular formula is C14H20BrFN2. The molecule has 0 atom stereocenters. The SMILES string of the molecule is CC(C)N1CCN(Cc2ccc(Br)c(F)c2)CC1. The van der Waals surface area contributed by atoms with Gasteiger partial charge in [-0.2, -0.15) is 0 Å². The Kier molecular flexibility index (Phi) is 4.76. The molecule has 0 amide bonds. The Balaban J connectivity index is 1.89. The van der Waals surface area contributed by atoms with Crippen LogP contribution >= 0.6 is 15.9 Å². The summed E-state index contributed by atoms with van der Waals surface area (Å²) in [6.45, 7) is 9.66. The molecule has 1 aliphatic heterocycles. The fraction of sp³-hybridized carbons (Fsp3) is 0.571. The van der Waals surface area contributed by atoms with Crippen LogP contribution in [0.1, 0.15) is 19.4 Å². The molecule has 0 unspecified atom stereocenters. The van der Waals surface area contributed by atoms with E-state index in [9.17, 15) is 4.39 Å². The van der Waals surface area contributed by atoms with Gasteiger partial charge in [0, 0.05) is 38.8 Å². The predicted octanol–water partition coefficient (Wildman–Crippen LogP) is 3.11. The van der Waals surface area contributed by atoms with Crippen LogP contribution in [0.4, 0.5) is 4.39 Å². The fourth-order valence-electron chi connectivity index (χ4n) is 2.33. The highest BCUT2D eigenvalue weighted by Gasteiger charge is 2.18. The summed E-state index contributed by atoms with van der Waals surface area (Å²) >= 11 is 3.18. The second kappa shape index (κ2) is 6.13. The van der Waals surface area contributed by atoms with E-state index in [-0.39, 0.29) is 5.82 Å². The van der Waals surface area contributed by atoms with Crippen molar-refractivity contribution in [3.8, 4) is 0 Å². The lowest BCUT2D eigenvalue weighted by Gasteiger charge is -2.36. The summed E-state index contributed by atoms with van der Waals surface area (Å²) in [5.74, 6) is -0.173. The van der Waals surface area contributed by atoms with Gasteiger partial charge in [0.1, 0.15) is 5.82 Å². The van der Waals surface area contributed by atoms with Crippen LogP contribution in [0.3, 0.4) is 0 Å². The summed E-state index contributed by atoms with van der Waals surface area (Å²) in [5.41, 5.74) is 1.05. The van der Waals surface area contributed by atoms with E-state index in [4.69, 9.17) is 0 Å². The molecule has 2 rings (SSSR count). The molecule has 0 saturated carbocycles. The molecule has 1 fully saturated rings. The molecule has 0 aliphatic carbocycles. The smallest absolute Gasteiger partial charge is 0.137 e. The zero-order chi connectivity index (χ0) is 13.1. The highest BCUT2D eigenvalue weighted by Crippen LogP contribution is 2.18. The number of nitrogens with zero attached hydrogens (tertiary/aromatic N) is 2. The van der Waals surface area contributed by atoms with Crippen molar-refractivity contribution in [2.75, 3.05) is 26.2 Å². The van der Waals surface area contributed by atoms with Crippen molar-refractivity contribution in [2.24, 2.45) is 0 Å². The van der Waals surface area contributed by atoms with E-state index in [0.29, 0.717) is 10.5 Å². The summed E-state index contributed by atoms with van der Waals surface area (Å²) in [5, 5.41) is 0. The second-order valence-electron chi connectivity index (χ2n) is 5.15. The first kappa shape index (κ1) is 14.0. The van der Waals surface area contributed by atoms with Gasteiger partial charge in [-0.05, 0) is 47.5 Å². The van der Waals surface area contributed by atoms with Crippen molar-refractivity contribution in [1.82, 2.24) is 9.80 Å². The summed E-state index contributed by atoms with van der Waals surface area (Å²) in [4.78, 5) is 4.88. The third-order valence-electron chi connectivity index (χ3n) is 3.53. The maximum atomic E-state index is 13.4. The van der Waals surface area contributed by atoms with Crippen LogP contribution in [-0.2, 0) is 6.54 Å². The molecule has 1 aromatic rings. The van der Waals surface area contributed by atoms with E-state index in [1.54, 1.807) is 12.1 Å². The van der Waals surface area contributed by atoms with Crippen molar-refractivity contribution in [1.29, 1.82) is 0 Å². The van der Waals surface area contributed by atoms with Gasteiger partial charge in [0.05, 0.1) is 4.47 Å². The van der Waals surface area contributed by atoms with Crippen molar-refractivity contribution in [2.45, 2.75) is 26.4 Å². The van der Waals surface area contributed by atoms with Gasteiger partial charge in [0.15, 0.2) is 0 Å². The van der Waals surface area contributed by atoms with E-state index in [2.05, 4.69) is 39.6 Å². The second-order valence-corrected chi connectivity index (χ2v) is 6.01. The zero-order valence-electron chi connectivity index (χ0n) is 11.0. The first-order chi connectivity index (χ1) is 8.56. The molecule has 100 valence electrons. The van der Waals surface area contributed by atoms with Gasteiger partial charge < -0.3 is 0 Å². The number of rotatable bonds is 3. The van der Waals surface area contributed by atoms with Gasteiger partial charge in [-0.1, -0.05) is 6.07 Å². The van der Waals surface area contributed by atoms with Gasteiger partial charge >= 0.3 is 0 Å². The van der Waals surface area contributed by atoms with Crippen molar-refractivity contribution in [3.63, 3.8) is 0 Å². The van der Waals surface area contributed by atoms with Gasteiger partial charge in [-0.3, -0.25) is 9.80 Å². The number of hydrogen-bond donors (Lipinski definition) is 0. The minimum Gasteiger partial charge on any atom is -0.298 e. The van der Waals surface area contributed by atoms with Crippen LogP contribution in [0.15, 0.2) is 22.7 Å². The van der Waals surface area contributed by atoms with Crippen LogP contribution in [0.5, 0.6) is 0 Å². The van der Waals surface area contributed by atoms with E-state index in [1.807, 2.05) is 6.07 Å². The summed E-state index contributed by atoms with van der Waals surface area (Å²) in [6.07, 6.45) is 0. The first-order valence-electron chi connectivity index (χ1n) is 6.46. The lowest BCUT2D eigenvalue weighted by Crippen LogP contribution is -2.48. The van der Waals surface area contributed by atoms with E-state index in [0.717, 1.165) is 38.3 Å². The van der Waals surface area contributed by atoms with E-state index in [1.165, 1.54) is 0 Å². The maximum Gasteiger partial charge on any atom is 0.137 e. The molecule has 1 heterocycles. The average molecular weight is 315 g/mol. The van der Waals surface area contributed by atoms with Crippen molar-refractivity contribution < 1.29 is 4.39 Å². The number of benzene rings is 1. The summed E-state index contributed by atoms with van der Waals surface area (Å²) < 4.78 is 14.0. The van der Waals surface area contributed by atoms with Gasteiger partial charge in [0.2, 0.25) is 0 Å². The molecule has 1 aromatic carbocycles. The maximum absolute atomic E-state index is 13.4. The summed E-state index contributed by atoms with van der Waals surface area (Å²) in [7, 11) is 0. The van der Waals surface area contributed by atoms with E-state index >= 15 is 0 Å². The van der Waals surface area contributed by atoms with Crippen LogP contribution in [0, 0.1) is 5.82 Å². The van der Waals surface area contributed by atoms with Gasteiger partial charge in [-0.15, -0.1) is 0 Å². The first-order valence-corrected chi connectivity index (χ1v) is 7.26. The van der Waals surface area contributed by atoms with Gasteiger partial charge in [0.25, 0.3) is 0 Å². The van der Waals surface area contributed by atoms with Crippen LogP contribution in [-0.4, -0.2) is 42.0 Å². The molecule has 0 aromatic heterocycles. The Morgan fingerprint density at radius 3 is 2.44 bits per heavy atom. The van der Waals surface area contributed by atoms with E-state index < -0.39 is 0 Å². The third kappa shape index (κ3) is 3.53. The van der Waals surface area contributed by atoms with Crippen molar-refractivity contribution in [3.05, 3.63) is 34.1 Å². The minimum absolute atomic E-state index is 0.173. The molecule has 0 radical (unpaired) electrons. The fourth-order valence-corrected chi connectivity index (χ4v) is 2.58. The lowest BCUT2D eigenvalue weighted by atomic mass is 10.2. The zero-order valence-corrected chi connectivity index (χ0v) is 12.6. The number of halogens is 2. The molecule has 4 heteroatoms. The normalized spacial score (nSPS) is 18.5. The Bertz CT molecular complexity index is 401. The summed E-state index contributed by atoms with van der Waals surface area (Å²) in [6, 6.07) is 6.02. The topological polar surface area (TPSA) is 6.48 Å². The quantitative estimate of drug-likeness (QED) is 0.846. The number of hydrogen-bond acceptors (Lipinski definition) is 2. The highest BCUT2D eigenvalue weighted by molar-refractivity contribution is 9.10. The molecule has 18 heavy (non-hydrogen) atoms. The Labute approximate surface area is 117 Å². The molecule has 0 bridgehead atoms. The average Bonchev–Trinajstić information content (AvgIpc) is 2.34. The Morgan fingerprint density at radius 1 is 1.22 bits per heavy atom. The predicted molar refractivity (Wildman–Crippen MR) is 76.1 cm³/mol. The van der Waals surface area contributed by atoms with Gasteiger partial charge in [-0.25, -0.2) is 4.39 Å².